The molecule has 4 N–H and O–H groups in total. The van der Waals surface area contributed by atoms with Crippen LogP contribution in [-0.2, 0) is 26.0 Å². The molecular formula is C65H81N11O10S. The summed E-state index contributed by atoms with van der Waals surface area (Å²) in [5.74, 6) is 2.11. The molecule has 0 bridgehead atoms. The third kappa shape index (κ3) is 11.9. The molecule has 1 spiro atoms. The molecule has 3 atom stereocenters. The molecule has 0 radical (unpaired) electrons. The van der Waals surface area contributed by atoms with Gasteiger partial charge in [-0.25, -0.2) is 18.1 Å². The number of fused-ring (bicyclic) bond motifs is 3. The number of hydrogen-bond acceptors (Lipinski definition) is 18. The Kier molecular flexibility index (Phi) is 16.3. The minimum Gasteiger partial charge on any atom is -0.493 e. The molecule has 87 heavy (non-hydrogen) atoms. The first kappa shape index (κ1) is 58.9. The van der Waals surface area contributed by atoms with Crippen LogP contribution < -0.4 is 34.2 Å². The molecule has 5 aliphatic heterocycles. The van der Waals surface area contributed by atoms with Gasteiger partial charge in [0.25, 0.3) is 21.6 Å². The number of morpholine rings is 1. The number of aromatic nitrogens is 3. The quantitative estimate of drug-likeness (QED) is 0.0523. The molecule has 7 aliphatic rings. The Morgan fingerprint density at radius 3 is 2.47 bits per heavy atom. The fourth-order valence-electron chi connectivity index (χ4n) is 15.0. The number of nitro groups is 1. The van der Waals surface area contributed by atoms with Gasteiger partial charge in [-0.15, -0.1) is 0 Å². The van der Waals surface area contributed by atoms with Gasteiger partial charge in [0.05, 0.1) is 59.6 Å². The van der Waals surface area contributed by atoms with Crippen LogP contribution in [0.3, 0.4) is 0 Å². The van der Waals surface area contributed by atoms with Crippen molar-refractivity contribution in [3.05, 3.63) is 124 Å². The van der Waals surface area contributed by atoms with Gasteiger partial charge in [-0.2, -0.15) is 4.98 Å². The van der Waals surface area contributed by atoms with Crippen molar-refractivity contribution in [3.63, 3.8) is 0 Å². The van der Waals surface area contributed by atoms with Gasteiger partial charge in [-0.1, -0.05) is 38.1 Å². The van der Waals surface area contributed by atoms with Crippen LogP contribution >= 0.6 is 0 Å². The van der Waals surface area contributed by atoms with E-state index >= 15 is 0 Å². The van der Waals surface area contributed by atoms with E-state index in [1.807, 2.05) is 43.6 Å². The van der Waals surface area contributed by atoms with E-state index in [-0.39, 0.29) is 28.6 Å². The predicted molar refractivity (Wildman–Crippen MR) is 333 cm³/mol. The molecule has 8 heterocycles. The number of piperazine rings is 1. The van der Waals surface area contributed by atoms with Crippen LogP contribution in [0.1, 0.15) is 111 Å². The molecule has 2 aliphatic carbocycles. The number of carbonyl (C=O) groups is 1. The van der Waals surface area contributed by atoms with Crippen molar-refractivity contribution >= 4 is 61.2 Å². The zero-order valence-electron chi connectivity index (χ0n) is 50.3. The van der Waals surface area contributed by atoms with Gasteiger partial charge in [0.2, 0.25) is 5.88 Å². The second-order valence-electron chi connectivity index (χ2n) is 25.8. The molecule has 462 valence electrons. The summed E-state index contributed by atoms with van der Waals surface area (Å²) < 4.78 is 55.0. The number of nitrogens with zero attached hydrogens (tertiary/aromatic N) is 8. The normalized spacial score (nSPS) is 26.2. The highest BCUT2D eigenvalue weighted by molar-refractivity contribution is 7.90. The van der Waals surface area contributed by atoms with Crippen LogP contribution in [0.5, 0.6) is 11.6 Å². The number of piperidine rings is 1. The first-order valence-electron chi connectivity index (χ1n) is 31.2. The summed E-state index contributed by atoms with van der Waals surface area (Å²) in [5.41, 5.74) is 5.99. The van der Waals surface area contributed by atoms with Crippen molar-refractivity contribution in [1.82, 2.24) is 29.5 Å². The van der Waals surface area contributed by atoms with Gasteiger partial charge in [0.15, 0.2) is 11.6 Å². The van der Waals surface area contributed by atoms with Crippen LogP contribution in [0, 0.1) is 21.4 Å². The van der Waals surface area contributed by atoms with Crippen molar-refractivity contribution in [1.29, 1.82) is 0 Å². The van der Waals surface area contributed by atoms with Crippen LogP contribution in [0.4, 0.5) is 34.3 Å². The van der Waals surface area contributed by atoms with E-state index in [0.717, 1.165) is 125 Å². The number of nitrogens with one attached hydrogen (secondary N) is 3. The van der Waals surface area contributed by atoms with Crippen molar-refractivity contribution in [3.8, 4) is 11.6 Å². The summed E-state index contributed by atoms with van der Waals surface area (Å²) in [5, 5.41) is 26.9. The van der Waals surface area contributed by atoms with Crippen molar-refractivity contribution in [2.45, 2.75) is 119 Å². The molecule has 2 saturated carbocycles. The molecule has 22 heteroatoms. The van der Waals surface area contributed by atoms with E-state index in [2.05, 4.69) is 83.7 Å². The lowest BCUT2D eigenvalue weighted by Crippen LogP contribution is -2.61. The monoisotopic (exact) mass is 1210 g/mol. The Morgan fingerprint density at radius 2 is 1.70 bits per heavy atom. The molecule has 4 saturated heterocycles. The maximum atomic E-state index is 14.9. The fraction of sp³-hybridized carbons (Fsp3) is 0.523. The van der Waals surface area contributed by atoms with Gasteiger partial charge in [-0.05, 0) is 147 Å². The zero-order valence-corrected chi connectivity index (χ0v) is 51.1. The van der Waals surface area contributed by atoms with E-state index in [1.165, 1.54) is 23.3 Å². The van der Waals surface area contributed by atoms with Crippen LogP contribution in [0.2, 0.25) is 0 Å². The summed E-state index contributed by atoms with van der Waals surface area (Å²) in [6, 6.07) is 24.6. The second kappa shape index (κ2) is 24.1. The second-order valence-corrected chi connectivity index (χ2v) is 27.5. The summed E-state index contributed by atoms with van der Waals surface area (Å²) in [6.07, 6.45) is 10.1. The summed E-state index contributed by atoms with van der Waals surface area (Å²) >= 11 is 0. The number of aromatic amines is 1. The highest BCUT2D eigenvalue weighted by atomic mass is 32.2. The van der Waals surface area contributed by atoms with E-state index in [0.29, 0.717) is 93.0 Å². The van der Waals surface area contributed by atoms with Crippen LogP contribution in [-0.4, -0.2) is 165 Å². The standard InChI is InChI=1S/C65H81N11O10S/c1-42(2)49-7-5-6-8-50(49)52-40-71(39-44-31-58(83-4)61(68-38-44)74-26-29-84-30-27-74)21-19-65(52)35-47(36-65)73-24-22-72(23-25-73)46-9-11-51(55(33-46)75-54-16-28-85-41-59(54)86-63-57(75)32-45-15-20-66-60(45)69-63)62(77)70-87(81,82)48-10-12-53(56(34-48)76(79)80)67-37-43-13-17-64(3,78)18-14-43/h5-12,15,20,31-34,38,42-43,47,52,54,59,67,78H,13-14,16-19,21-30,35-37,39-41H2,1-4H3,(H,66,69)(H,70,77)/t43?,47?,52-,54-,59-,64?,65?/m0/s1. The summed E-state index contributed by atoms with van der Waals surface area (Å²) in [7, 11) is -2.92. The van der Waals surface area contributed by atoms with Crippen molar-refractivity contribution in [2.24, 2.45) is 11.3 Å². The number of pyridine rings is 2. The summed E-state index contributed by atoms with van der Waals surface area (Å²) in [6.45, 7) is 16.5. The minimum atomic E-state index is -4.65. The molecular weight excluding hydrogens is 1130 g/mol. The van der Waals surface area contributed by atoms with Gasteiger partial charge in [0, 0.05) is 107 Å². The molecule has 3 aromatic heterocycles. The molecule has 6 fully saturated rings. The number of nitro benzene ring substituents is 1. The number of aliphatic hydroxyl groups is 1. The number of amides is 1. The molecule has 0 unspecified atom stereocenters. The van der Waals surface area contributed by atoms with Gasteiger partial charge in [0.1, 0.15) is 23.1 Å². The largest absolute Gasteiger partial charge is 0.493 e. The highest BCUT2D eigenvalue weighted by Gasteiger charge is 2.54. The van der Waals surface area contributed by atoms with Crippen LogP contribution in [0.15, 0.2) is 96.2 Å². The number of likely N-dealkylation sites (tertiary alicyclic amines) is 1. The minimum absolute atomic E-state index is 0.102. The molecule has 6 aromatic rings. The molecule has 1 amide bonds. The summed E-state index contributed by atoms with van der Waals surface area (Å²) in [4.78, 5) is 51.3. The lowest BCUT2D eigenvalue weighted by Gasteiger charge is -2.60. The fourth-order valence-corrected chi connectivity index (χ4v) is 16.0. The maximum absolute atomic E-state index is 14.9. The van der Waals surface area contributed by atoms with E-state index < -0.39 is 43.1 Å². The molecule has 21 nitrogen and oxygen atoms in total. The third-order valence-corrected chi connectivity index (χ3v) is 21.3. The first-order chi connectivity index (χ1) is 42.0. The highest BCUT2D eigenvalue weighted by Crippen LogP contribution is 2.59. The number of rotatable bonds is 16. The average Bonchev–Trinajstić information content (AvgIpc) is 1.90. The number of sulfonamides is 1. The number of H-pyrrole nitrogens is 1. The van der Waals surface area contributed by atoms with Crippen molar-refractivity contribution in [2.75, 3.05) is 112 Å². The average molecular weight is 1210 g/mol. The number of anilines is 5. The van der Waals surface area contributed by atoms with Gasteiger partial charge in [-0.3, -0.25) is 24.7 Å². The molecule has 13 rings (SSSR count). The van der Waals surface area contributed by atoms with Gasteiger partial charge < -0.3 is 49.1 Å². The number of carbonyl (C=O) groups excluding carboxylic acids is 1. The van der Waals surface area contributed by atoms with Crippen LogP contribution in [0.25, 0.3) is 11.0 Å². The topological polar surface area (TPSA) is 233 Å². The zero-order chi connectivity index (χ0) is 60.2. The Balaban J connectivity index is 0.742. The Morgan fingerprint density at radius 1 is 0.908 bits per heavy atom. The number of ether oxygens (including phenoxy) is 4. The Labute approximate surface area is 508 Å². The van der Waals surface area contributed by atoms with Gasteiger partial charge >= 0.3 is 0 Å². The van der Waals surface area contributed by atoms with E-state index in [4.69, 9.17) is 28.9 Å². The third-order valence-electron chi connectivity index (χ3n) is 20.0. The lowest BCUT2D eigenvalue weighted by atomic mass is 9.53. The Bertz CT molecular complexity index is 3630. The number of hydrogen-bond donors (Lipinski definition) is 4. The number of methoxy groups -OCH3 is 1. The first-order valence-corrected chi connectivity index (χ1v) is 32.6. The van der Waals surface area contributed by atoms with E-state index in [9.17, 15) is 28.4 Å². The smallest absolute Gasteiger partial charge is 0.293 e. The predicted octanol–water partition coefficient (Wildman–Crippen LogP) is 8.96. The maximum Gasteiger partial charge on any atom is 0.293 e. The SMILES string of the molecule is COc1cc(CN2CCC3(CC(N4CCN(c5ccc(C(=O)NS(=O)(=O)c6ccc(NCC7CCC(C)(O)CC7)c([N+](=O)[O-])c6)c(N6c7cc8cc[nH]c8nc7O[C@H]7COCC[C@@H]76)c5)CC4)C3)[C@H](c3ccccc3C(C)C)C2)cnc1N1CCOCC1. The van der Waals surface area contributed by atoms with E-state index in [1.54, 1.807) is 13.2 Å². The Hall–Kier alpha value is -7.08. The molecule has 3 aromatic carbocycles. The number of benzene rings is 3. The lowest BCUT2D eigenvalue weighted by molar-refractivity contribution is -0.384. The van der Waals surface area contributed by atoms with Crippen molar-refractivity contribution < 1.29 is 42.2 Å².